The van der Waals surface area contributed by atoms with Gasteiger partial charge in [-0.3, -0.25) is 15.5 Å². The number of hydrogen-bond donors (Lipinski definition) is 3. The van der Waals surface area contributed by atoms with E-state index in [-0.39, 0.29) is 23.5 Å². The Kier molecular flexibility index (Phi) is 5.59. The molecule has 1 unspecified atom stereocenters. The Morgan fingerprint density at radius 3 is 2.94 bits per heavy atom. The fraction of sp³-hybridized carbons (Fsp3) is 0.556. The zero-order valence-electron chi connectivity index (χ0n) is 10.2. The second kappa shape index (κ2) is 6.97. The minimum absolute atomic E-state index is 0.0641. The Bertz CT molecular complexity index is 416. The second-order valence-corrected chi connectivity index (χ2v) is 4.85. The normalized spacial score (nSPS) is 11.9. The van der Waals surface area contributed by atoms with E-state index in [9.17, 15) is 10.1 Å². The quantitative estimate of drug-likeness (QED) is 0.385. The van der Waals surface area contributed by atoms with E-state index in [4.69, 9.17) is 5.84 Å². The molecule has 0 bridgehead atoms. The van der Waals surface area contributed by atoms with Crippen LogP contribution in [0.4, 0.5) is 17.5 Å². The first-order chi connectivity index (χ1) is 8.58. The molecule has 0 saturated carbocycles. The lowest BCUT2D eigenvalue weighted by Crippen LogP contribution is -2.21. The van der Waals surface area contributed by atoms with Crippen molar-refractivity contribution in [2.24, 2.45) is 5.84 Å². The van der Waals surface area contributed by atoms with E-state index < -0.39 is 4.92 Å². The third-order valence-corrected chi connectivity index (χ3v) is 3.19. The smallest absolute Gasteiger partial charge is 0.329 e. The third-order valence-electron chi connectivity index (χ3n) is 2.05. The summed E-state index contributed by atoms with van der Waals surface area (Å²) in [5.41, 5.74) is 2.10. The average molecular weight is 272 g/mol. The van der Waals surface area contributed by atoms with Gasteiger partial charge in [0.05, 0.1) is 4.92 Å². The summed E-state index contributed by atoms with van der Waals surface area (Å²) in [6.45, 7) is 3.99. The van der Waals surface area contributed by atoms with Crippen LogP contribution in [0.25, 0.3) is 0 Å². The number of rotatable bonds is 7. The largest absolute Gasteiger partial charge is 0.361 e. The molecule has 0 radical (unpaired) electrons. The van der Waals surface area contributed by atoms with Gasteiger partial charge in [-0.2, -0.15) is 16.7 Å². The molecule has 0 amide bonds. The van der Waals surface area contributed by atoms with Gasteiger partial charge in [0.25, 0.3) is 0 Å². The van der Waals surface area contributed by atoms with Crippen LogP contribution >= 0.6 is 11.8 Å². The molecule has 1 atom stereocenters. The maximum Gasteiger partial charge on any atom is 0.329 e. The summed E-state index contributed by atoms with van der Waals surface area (Å²) >= 11 is 1.74. The Hall–Kier alpha value is -1.61. The lowest BCUT2D eigenvalue weighted by atomic mass is 10.3. The molecule has 8 nitrogen and oxygen atoms in total. The van der Waals surface area contributed by atoms with Crippen LogP contribution in [0, 0.1) is 10.1 Å². The summed E-state index contributed by atoms with van der Waals surface area (Å²) in [4.78, 5) is 18.0. The second-order valence-electron chi connectivity index (χ2n) is 3.53. The van der Waals surface area contributed by atoms with Crippen molar-refractivity contribution in [3.63, 3.8) is 0 Å². The summed E-state index contributed by atoms with van der Waals surface area (Å²) in [6.07, 6.45) is 1.13. The first kappa shape index (κ1) is 14.5. The van der Waals surface area contributed by atoms with Gasteiger partial charge in [-0.15, -0.1) is 0 Å². The number of hydrazine groups is 1. The van der Waals surface area contributed by atoms with E-state index in [1.165, 1.54) is 0 Å². The SMILES string of the molecule is CCSCC(C)Nc1nc(NN)ncc1[N+](=O)[O-]. The van der Waals surface area contributed by atoms with Crippen LogP contribution in [0.15, 0.2) is 6.20 Å². The van der Waals surface area contributed by atoms with Gasteiger partial charge in [-0.1, -0.05) is 6.92 Å². The Balaban J connectivity index is 2.86. The van der Waals surface area contributed by atoms with E-state index >= 15 is 0 Å². The molecule has 0 aliphatic rings. The number of nitrogens with zero attached hydrogens (tertiary/aromatic N) is 3. The number of aromatic nitrogens is 2. The van der Waals surface area contributed by atoms with E-state index in [1.807, 2.05) is 6.92 Å². The van der Waals surface area contributed by atoms with E-state index in [2.05, 4.69) is 27.6 Å². The van der Waals surface area contributed by atoms with E-state index in [1.54, 1.807) is 11.8 Å². The van der Waals surface area contributed by atoms with Gasteiger partial charge in [0.2, 0.25) is 11.8 Å². The highest BCUT2D eigenvalue weighted by Crippen LogP contribution is 2.22. The van der Waals surface area contributed by atoms with Crippen molar-refractivity contribution in [1.29, 1.82) is 0 Å². The summed E-state index contributed by atoms with van der Waals surface area (Å²) in [5, 5.41) is 13.8. The average Bonchev–Trinajstić information content (AvgIpc) is 2.35. The molecule has 9 heteroatoms. The Labute approximate surface area is 109 Å². The molecule has 100 valence electrons. The maximum atomic E-state index is 10.8. The monoisotopic (exact) mass is 272 g/mol. The van der Waals surface area contributed by atoms with Crippen LogP contribution in [0.5, 0.6) is 0 Å². The van der Waals surface area contributed by atoms with Gasteiger partial charge < -0.3 is 5.32 Å². The van der Waals surface area contributed by atoms with Crippen molar-refractivity contribution in [3.8, 4) is 0 Å². The molecular formula is C9H16N6O2S. The minimum Gasteiger partial charge on any atom is -0.361 e. The zero-order chi connectivity index (χ0) is 13.5. The highest BCUT2D eigenvalue weighted by molar-refractivity contribution is 7.99. The van der Waals surface area contributed by atoms with Gasteiger partial charge in [-0.05, 0) is 12.7 Å². The van der Waals surface area contributed by atoms with Crippen molar-refractivity contribution < 1.29 is 4.92 Å². The van der Waals surface area contributed by atoms with Gasteiger partial charge in [0.1, 0.15) is 6.20 Å². The molecule has 0 aliphatic carbocycles. The fourth-order valence-corrected chi connectivity index (χ4v) is 1.93. The van der Waals surface area contributed by atoms with Crippen molar-refractivity contribution in [1.82, 2.24) is 9.97 Å². The summed E-state index contributed by atoms with van der Waals surface area (Å²) in [7, 11) is 0. The molecule has 0 fully saturated rings. The maximum absolute atomic E-state index is 10.8. The topological polar surface area (TPSA) is 119 Å². The van der Waals surface area contributed by atoms with Crippen LogP contribution in [0.2, 0.25) is 0 Å². The number of nitrogens with one attached hydrogen (secondary N) is 2. The van der Waals surface area contributed by atoms with Crippen LogP contribution in [-0.4, -0.2) is 32.4 Å². The molecular weight excluding hydrogens is 256 g/mol. The van der Waals surface area contributed by atoms with E-state index in [0.717, 1.165) is 17.7 Å². The number of hydrogen-bond acceptors (Lipinski definition) is 8. The molecule has 1 aromatic rings. The van der Waals surface area contributed by atoms with Crippen LogP contribution < -0.4 is 16.6 Å². The molecule has 1 aromatic heterocycles. The number of thioether (sulfide) groups is 1. The third kappa shape index (κ3) is 4.00. The molecule has 18 heavy (non-hydrogen) atoms. The first-order valence-electron chi connectivity index (χ1n) is 5.40. The zero-order valence-corrected chi connectivity index (χ0v) is 11.0. The Morgan fingerprint density at radius 2 is 2.39 bits per heavy atom. The predicted molar refractivity (Wildman–Crippen MR) is 72.6 cm³/mol. The summed E-state index contributed by atoms with van der Waals surface area (Å²) in [6, 6.07) is 0.0641. The van der Waals surface area contributed by atoms with E-state index in [0.29, 0.717) is 0 Å². The van der Waals surface area contributed by atoms with Crippen LogP contribution in [-0.2, 0) is 0 Å². The summed E-state index contributed by atoms with van der Waals surface area (Å²) < 4.78 is 0. The minimum atomic E-state index is -0.525. The van der Waals surface area contributed by atoms with Crippen molar-refractivity contribution in [3.05, 3.63) is 16.3 Å². The number of nitrogens with two attached hydrogens (primary N) is 1. The van der Waals surface area contributed by atoms with Crippen molar-refractivity contribution in [2.75, 3.05) is 22.2 Å². The lowest BCUT2D eigenvalue weighted by molar-refractivity contribution is -0.384. The van der Waals surface area contributed by atoms with Gasteiger partial charge >= 0.3 is 5.69 Å². The van der Waals surface area contributed by atoms with Crippen molar-refractivity contribution in [2.45, 2.75) is 19.9 Å². The standard InChI is InChI=1S/C9H16N6O2S/c1-3-18-5-6(2)12-8-7(15(16)17)4-11-9(13-8)14-10/h4,6H,3,5,10H2,1-2H3,(H2,11,12,13,14). The molecule has 0 aromatic carbocycles. The molecule has 1 heterocycles. The number of nitrogen functional groups attached to an aromatic ring is 1. The molecule has 0 saturated heterocycles. The van der Waals surface area contributed by atoms with Gasteiger partial charge in [0, 0.05) is 11.8 Å². The highest BCUT2D eigenvalue weighted by Gasteiger charge is 2.18. The first-order valence-corrected chi connectivity index (χ1v) is 6.56. The van der Waals surface area contributed by atoms with Gasteiger partial charge in [0.15, 0.2) is 0 Å². The molecule has 1 rings (SSSR count). The highest BCUT2D eigenvalue weighted by atomic mass is 32.2. The number of anilines is 2. The molecule has 0 aliphatic heterocycles. The molecule has 0 spiro atoms. The molecule has 4 N–H and O–H groups in total. The lowest BCUT2D eigenvalue weighted by Gasteiger charge is -2.13. The number of nitro groups is 1. The van der Waals surface area contributed by atoms with Gasteiger partial charge in [-0.25, -0.2) is 10.8 Å². The van der Waals surface area contributed by atoms with Crippen LogP contribution in [0.3, 0.4) is 0 Å². The van der Waals surface area contributed by atoms with Crippen molar-refractivity contribution >= 4 is 29.2 Å². The fourth-order valence-electron chi connectivity index (χ4n) is 1.25. The Morgan fingerprint density at radius 1 is 1.67 bits per heavy atom. The summed E-state index contributed by atoms with van der Waals surface area (Å²) in [5.74, 6) is 7.32. The van der Waals surface area contributed by atoms with Crippen LogP contribution in [0.1, 0.15) is 13.8 Å². The predicted octanol–water partition coefficient (Wildman–Crippen LogP) is 1.22.